The van der Waals surface area contributed by atoms with E-state index in [9.17, 15) is 0 Å². The predicted octanol–water partition coefficient (Wildman–Crippen LogP) is 0.172. The Labute approximate surface area is 83.0 Å². The summed E-state index contributed by atoms with van der Waals surface area (Å²) in [5, 5.41) is 3.76. The first-order chi connectivity index (χ1) is 6.65. The normalized spacial score (nSPS) is 12.9. The van der Waals surface area contributed by atoms with E-state index in [1.54, 1.807) is 12.0 Å². The zero-order valence-corrected chi connectivity index (χ0v) is 8.73. The third kappa shape index (κ3) is 2.68. The molecule has 1 atom stereocenters. The minimum atomic E-state index is -0.254. The van der Waals surface area contributed by atoms with Gasteiger partial charge in [-0.15, -0.1) is 0 Å². The standard InChI is InChI=1S/C8H16N4O2/c1-12(2)8-10-7(14-11-8)6(9)4-5-13-3/h6H,4-5,9H2,1-3H3. The SMILES string of the molecule is COCCC(N)c1nc(N(C)C)no1. The maximum Gasteiger partial charge on any atom is 0.265 e. The average Bonchev–Trinajstić information content (AvgIpc) is 2.62. The molecule has 1 unspecified atom stereocenters. The van der Waals surface area contributed by atoms with Crippen molar-refractivity contribution in [1.82, 2.24) is 10.1 Å². The average molecular weight is 200 g/mol. The molecule has 1 heterocycles. The van der Waals surface area contributed by atoms with E-state index in [1.807, 2.05) is 14.1 Å². The second-order valence-corrected chi connectivity index (χ2v) is 3.22. The molecule has 1 aromatic rings. The molecule has 14 heavy (non-hydrogen) atoms. The van der Waals surface area contributed by atoms with E-state index in [-0.39, 0.29) is 6.04 Å². The summed E-state index contributed by atoms with van der Waals surface area (Å²) in [7, 11) is 5.32. The minimum absolute atomic E-state index is 0.254. The van der Waals surface area contributed by atoms with Crippen LogP contribution in [0.5, 0.6) is 0 Å². The number of nitrogens with two attached hydrogens (primary N) is 1. The van der Waals surface area contributed by atoms with Crippen LogP contribution < -0.4 is 10.6 Å². The largest absolute Gasteiger partial charge is 0.385 e. The van der Waals surface area contributed by atoms with Crippen LogP contribution in [0.4, 0.5) is 5.95 Å². The van der Waals surface area contributed by atoms with Gasteiger partial charge < -0.3 is 19.9 Å². The molecule has 0 fully saturated rings. The molecule has 0 saturated carbocycles. The fourth-order valence-electron chi connectivity index (χ4n) is 0.928. The number of rotatable bonds is 5. The van der Waals surface area contributed by atoms with Gasteiger partial charge in [0.15, 0.2) is 0 Å². The molecule has 0 bridgehead atoms. The van der Waals surface area contributed by atoms with Gasteiger partial charge in [-0.3, -0.25) is 0 Å². The summed E-state index contributed by atoms with van der Waals surface area (Å²) < 4.78 is 9.91. The Morgan fingerprint density at radius 2 is 2.29 bits per heavy atom. The lowest BCUT2D eigenvalue weighted by atomic mass is 10.2. The number of hydrogen-bond donors (Lipinski definition) is 1. The fraction of sp³-hybridized carbons (Fsp3) is 0.750. The Bertz CT molecular complexity index is 274. The molecular weight excluding hydrogens is 184 g/mol. The van der Waals surface area contributed by atoms with Crippen molar-refractivity contribution in [2.45, 2.75) is 12.5 Å². The summed E-state index contributed by atoms with van der Waals surface area (Å²) >= 11 is 0. The van der Waals surface area contributed by atoms with Gasteiger partial charge in [0.1, 0.15) is 0 Å². The molecule has 1 aromatic heterocycles. The third-order valence-electron chi connectivity index (χ3n) is 1.78. The zero-order chi connectivity index (χ0) is 10.6. The van der Waals surface area contributed by atoms with E-state index in [1.165, 1.54) is 0 Å². The molecule has 1 rings (SSSR count). The van der Waals surface area contributed by atoms with E-state index in [4.69, 9.17) is 15.0 Å². The number of anilines is 1. The highest BCUT2D eigenvalue weighted by Crippen LogP contribution is 2.14. The lowest BCUT2D eigenvalue weighted by molar-refractivity contribution is 0.182. The van der Waals surface area contributed by atoms with Crippen LogP contribution >= 0.6 is 0 Å². The first kappa shape index (κ1) is 10.9. The first-order valence-electron chi connectivity index (χ1n) is 4.40. The van der Waals surface area contributed by atoms with Crippen LogP contribution in [-0.4, -0.2) is 38.0 Å². The van der Waals surface area contributed by atoms with E-state index in [0.717, 1.165) is 0 Å². The lowest BCUT2D eigenvalue weighted by Gasteiger charge is -2.05. The Kier molecular flexibility index (Phi) is 3.84. The van der Waals surface area contributed by atoms with Crippen LogP contribution in [0.25, 0.3) is 0 Å². The summed E-state index contributed by atoms with van der Waals surface area (Å²) in [6.45, 7) is 0.584. The van der Waals surface area contributed by atoms with Crippen LogP contribution in [0.1, 0.15) is 18.4 Å². The van der Waals surface area contributed by atoms with Crippen molar-refractivity contribution in [1.29, 1.82) is 0 Å². The fourth-order valence-corrected chi connectivity index (χ4v) is 0.928. The van der Waals surface area contributed by atoms with Crippen LogP contribution in [0.3, 0.4) is 0 Å². The summed E-state index contributed by atoms with van der Waals surface area (Å²) in [6, 6.07) is -0.254. The van der Waals surface area contributed by atoms with Gasteiger partial charge in [0, 0.05) is 27.8 Å². The van der Waals surface area contributed by atoms with Gasteiger partial charge in [-0.2, -0.15) is 4.98 Å². The Morgan fingerprint density at radius 3 is 2.79 bits per heavy atom. The maximum absolute atomic E-state index is 5.80. The number of aromatic nitrogens is 2. The first-order valence-corrected chi connectivity index (χ1v) is 4.40. The third-order valence-corrected chi connectivity index (χ3v) is 1.78. The highest BCUT2D eigenvalue weighted by atomic mass is 16.5. The van der Waals surface area contributed by atoms with Crippen molar-refractivity contribution in [3.63, 3.8) is 0 Å². The monoisotopic (exact) mass is 200 g/mol. The van der Waals surface area contributed by atoms with E-state index < -0.39 is 0 Å². The molecule has 0 aromatic carbocycles. The second-order valence-electron chi connectivity index (χ2n) is 3.22. The zero-order valence-electron chi connectivity index (χ0n) is 8.73. The summed E-state index contributed by atoms with van der Waals surface area (Å²) in [5.41, 5.74) is 5.80. The number of nitrogens with zero attached hydrogens (tertiary/aromatic N) is 3. The molecule has 80 valence electrons. The van der Waals surface area contributed by atoms with Crippen LogP contribution in [0.2, 0.25) is 0 Å². The highest BCUT2D eigenvalue weighted by molar-refractivity contribution is 5.23. The Hall–Kier alpha value is -1.14. The smallest absolute Gasteiger partial charge is 0.265 e. The van der Waals surface area contributed by atoms with Gasteiger partial charge >= 0.3 is 0 Å². The number of hydrogen-bond acceptors (Lipinski definition) is 6. The quantitative estimate of drug-likeness (QED) is 0.730. The summed E-state index contributed by atoms with van der Waals surface area (Å²) in [5.74, 6) is 0.985. The number of methoxy groups -OCH3 is 1. The molecule has 0 aliphatic heterocycles. The summed E-state index contributed by atoms with van der Waals surface area (Å²) in [4.78, 5) is 5.89. The van der Waals surface area contributed by atoms with Crippen molar-refractivity contribution >= 4 is 5.95 Å². The van der Waals surface area contributed by atoms with Crippen molar-refractivity contribution in [3.05, 3.63) is 5.89 Å². The molecule has 0 amide bonds. The number of ether oxygens (including phenoxy) is 1. The molecule has 0 spiro atoms. The van der Waals surface area contributed by atoms with Gasteiger partial charge in [0.25, 0.3) is 5.95 Å². The van der Waals surface area contributed by atoms with Gasteiger partial charge in [-0.05, 0) is 11.6 Å². The van der Waals surface area contributed by atoms with E-state index in [2.05, 4.69) is 10.1 Å². The molecular formula is C8H16N4O2. The molecule has 2 N–H and O–H groups in total. The predicted molar refractivity (Wildman–Crippen MR) is 52.0 cm³/mol. The minimum Gasteiger partial charge on any atom is -0.385 e. The van der Waals surface area contributed by atoms with Crippen LogP contribution in [0.15, 0.2) is 4.52 Å². The van der Waals surface area contributed by atoms with Gasteiger partial charge in [0.2, 0.25) is 5.89 Å². The molecule has 0 aliphatic rings. The molecule has 6 nitrogen and oxygen atoms in total. The van der Waals surface area contributed by atoms with E-state index in [0.29, 0.717) is 24.9 Å². The Balaban J connectivity index is 2.57. The van der Waals surface area contributed by atoms with Gasteiger partial charge in [0.05, 0.1) is 6.04 Å². The van der Waals surface area contributed by atoms with Crippen LogP contribution in [-0.2, 0) is 4.74 Å². The highest BCUT2D eigenvalue weighted by Gasteiger charge is 2.14. The molecule has 0 saturated heterocycles. The van der Waals surface area contributed by atoms with Crippen LogP contribution in [0, 0.1) is 0 Å². The lowest BCUT2D eigenvalue weighted by Crippen LogP contribution is -2.14. The Morgan fingerprint density at radius 1 is 1.57 bits per heavy atom. The van der Waals surface area contributed by atoms with E-state index >= 15 is 0 Å². The topological polar surface area (TPSA) is 77.4 Å². The molecule has 6 heteroatoms. The van der Waals surface area contributed by atoms with Crippen molar-refractivity contribution in [2.75, 3.05) is 32.7 Å². The maximum atomic E-state index is 5.80. The van der Waals surface area contributed by atoms with Crippen molar-refractivity contribution in [2.24, 2.45) is 5.73 Å². The summed E-state index contributed by atoms with van der Waals surface area (Å²) in [6.07, 6.45) is 0.672. The second kappa shape index (κ2) is 4.92. The van der Waals surface area contributed by atoms with Gasteiger partial charge in [-0.25, -0.2) is 0 Å². The molecule has 0 aliphatic carbocycles. The molecule has 0 radical (unpaired) electrons. The van der Waals surface area contributed by atoms with Crippen molar-refractivity contribution in [3.8, 4) is 0 Å². The van der Waals surface area contributed by atoms with Gasteiger partial charge in [-0.1, -0.05) is 0 Å². The van der Waals surface area contributed by atoms with Crippen molar-refractivity contribution < 1.29 is 9.26 Å².